The molecule has 7 nitrogen and oxygen atoms in total. The monoisotopic (exact) mass is 408 g/mol. The number of pyridine rings is 2. The van der Waals surface area contributed by atoms with Gasteiger partial charge in [0.05, 0.1) is 36.1 Å². The molecule has 2 aromatic heterocycles. The van der Waals surface area contributed by atoms with Crippen LogP contribution in [0.5, 0.6) is 11.6 Å². The number of halogens is 1. The van der Waals surface area contributed by atoms with Crippen LogP contribution in [0, 0.1) is 0 Å². The molecular weight excluding hydrogens is 392 g/mol. The normalized spacial score (nSPS) is 10.7. The number of hydrogen-bond acceptors (Lipinski definition) is 7. The minimum atomic E-state index is -0.431. The Morgan fingerprint density at radius 1 is 1.16 bits per heavy atom. The lowest BCUT2D eigenvalue weighted by atomic mass is 10.2. The molecule has 2 heterocycles. The van der Waals surface area contributed by atoms with Gasteiger partial charge in [-0.2, -0.15) is 0 Å². The van der Waals surface area contributed by atoms with Crippen molar-refractivity contribution in [2.24, 2.45) is 0 Å². The molecule has 0 amide bonds. The number of nitrogens with zero attached hydrogens (tertiary/aromatic N) is 2. The van der Waals surface area contributed by atoms with E-state index in [-0.39, 0.29) is 6.79 Å². The second-order valence-electron chi connectivity index (χ2n) is 4.71. The highest BCUT2D eigenvalue weighted by Gasteiger charge is 2.13. The topological polar surface area (TPSA) is 79.8 Å². The van der Waals surface area contributed by atoms with Crippen LogP contribution in [0.4, 0.5) is 0 Å². The molecule has 0 N–H and O–H groups in total. The maximum Gasteiger partial charge on any atom is 0.339 e. The molecule has 0 saturated carbocycles. The van der Waals surface area contributed by atoms with Gasteiger partial charge in [0.2, 0.25) is 5.88 Å². The molecule has 0 unspecified atom stereocenters. The van der Waals surface area contributed by atoms with E-state index in [1.165, 1.54) is 27.5 Å². The first kappa shape index (κ1) is 18.9. The van der Waals surface area contributed by atoms with Crippen LogP contribution in [0.15, 0.2) is 29.0 Å². The van der Waals surface area contributed by atoms with Crippen LogP contribution < -0.4 is 9.47 Å². The highest BCUT2D eigenvalue weighted by Crippen LogP contribution is 2.34. The van der Waals surface area contributed by atoms with Crippen molar-refractivity contribution in [3.63, 3.8) is 0 Å². The average molecular weight is 409 g/mol. The van der Waals surface area contributed by atoms with Crippen LogP contribution >= 0.6 is 15.9 Å². The van der Waals surface area contributed by atoms with Gasteiger partial charge in [0, 0.05) is 18.9 Å². The van der Waals surface area contributed by atoms with Crippen molar-refractivity contribution >= 4 is 34.1 Å². The molecule has 0 bridgehead atoms. The Morgan fingerprint density at radius 3 is 2.56 bits per heavy atom. The quantitative estimate of drug-likeness (QED) is 0.513. The van der Waals surface area contributed by atoms with Gasteiger partial charge in [-0.3, -0.25) is 4.98 Å². The summed E-state index contributed by atoms with van der Waals surface area (Å²) in [4.78, 5) is 19.8. The smallest absolute Gasteiger partial charge is 0.339 e. The maximum absolute atomic E-state index is 11.4. The van der Waals surface area contributed by atoms with Gasteiger partial charge < -0.3 is 18.9 Å². The lowest BCUT2D eigenvalue weighted by Crippen LogP contribution is -2.02. The van der Waals surface area contributed by atoms with Crippen molar-refractivity contribution in [3.8, 4) is 11.6 Å². The van der Waals surface area contributed by atoms with Gasteiger partial charge in [-0.1, -0.05) is 0 Å². The van der Waals surface area contributed by atoms with Crippen molar-refractivity contribution < 1.29 is 23.7 Å². The van der Waals surface area contributed by atoms with Crippen molar-refractivity contribution in [1.82, 2.24) is 9.97 Å². The minimum Gasteiger partial charge on any atom is -0.480 e. The third-order valence-corrected chi connectivity index (χ3v) is 3.91. The zero-order valence-electron chi connectivity index (χ0n) is 14.0. The molecule has 0 atom stereocenters. The van der Waals surface area contributed by atoms with Gasteiger partial charge >= 0.3 is 5.97 Å². The van der Waals surface area contributed by atoms with E-state index in [4.69, 9.17) is 14.2 Å². The number of esters is 1. The predicted molar refractivity (Wildman–Crippen MR) is 95.5 cm³/mol. The summed E-state index contributed by atoms with van der Waals surface area (Å²) in [7, 11) is 4.39. The van der Waals surface area contributed by atoms with E-state index in [1.54, 1.807) is 30.5 Å². The highest BCUT2D eigenvalue weighted by molar-refractivity contribution is 9.10. The van der Waals surface area contributed by atoms with Crippen molar-refractivity contribution in [2.45, 2.75) is 0 Å². The Kier molecular flexibility index (Phi) is 6.91. The van der Waals surface area contributed by atoms with E-state index in [0.29, 0.717) is 27.4 Å². The summed E-state index contributed by atoms with van der Waals surface area (Å²) in [5.41, 5.74) is 1.77. The van der Waals surface area contributed by atoms with Crippen molar-refractivity contribution in [3.05, 3.63) is 45.8 Å². The number of aromatic nitrogens is 2. The van der Waals surface area contributed by atoms with E-state index in [0.717, 1.165) is 5.56 Å². The molecule has 25 heavy (non-hydrogen) atoms. The number of carbonyl (C=O) groups excluding carboxylic acids is 1. The summed E-state index contributed by atoms with van der Waals surface area (Å²) < 4.78 is 20.9. The number of hydrogen-bond donors (Lipinski definition) is 0. The second-order valence-corrected chi connectivity index (χ2v) is 5.50. The minimum absolute atomic E-state index is 0.0906. The number of methoxy groups -OCH3 is 3. The molecule has 2 rings (SSSR count). The Balaban J connectivity index is 2.30. The Labute approximate surface area is 153 Å². The molecule has 0 saturated heterocycles. The van der Waals surface area contributed by atoms with Crippen molar-refractivity contribution in [2.75, 3.05) is 28.1 Å². The molecule has 0 aliphatic rings. The van der Waals surface area contributed by atoms with Gasteiger partial charge in [-0.15, -0.1) is 0 Å². The summed E-state index contributed by atoms with van der Waals surface area (Å²) in [6.45, 7) is 0.0906. The van der Waals surface area contributed by atoms with Crippen LogP contribution in [0.1, 0.15) is 21.6 Å². The third-order valence-electron chi connectivity index (χ3n) is 3.14. The number of carbonyl (C=O) groups is 1. The summed E-state index contributed by atoms with van der Waals surface area (Å²) in [6, 6.07) is 3.35. The first-order chi connectivity index (χ1) is 12.1. The SMILES string of the molecule is COCOc1cnc(OC)c(Br)c1/C=C/c1ccc(C(=O)OC)cn1. The van der Waals surface area contributed by atoms with Crippen LogP contribution in [0.2, 0.25) is 0 Å². The van der Waals surface area contributed by atoms with Crippen LogP contribution in [-0.4, -0.2) is 44.1 Å². The molecule has 0 aromatic carbocycles. The van der Waals surface area contributed by atoms with Gasteiger partial charge in [-0.05, 0) is 40.2 Å². The fourth-order valence-corrected chi connectivity index (χ4v) is 2.50. The zero-order valence-corrected chi connectivity index (χ0v) is 15.6. The maximum atomic E-state index is 11.4. The molecular formula is C17H17BrN2O5. The fraction of sp³-hybridized carbons (Fsp3) is 0.235. The van der Waals surface area contributed by atoms with Gasteiger partial charge in [0.15, 0.2) is 6.79 Å². The molecule has 2 aromatic rings. The first-order valence-electron chi connectivity index (χ1n) is 7.17. The molecule has 132 valence electrons. The van der Waals surface area contributed by atoms with Crippen LogP contribution in [-0.2, 0) is 9.47 Å². The van der Waals surface area contributed by atoms with E-state index >= 15 is 0 Å². The van der Waals surface area contributed by atoms with Crippen LogP contribution in [0.3, 0.4) is 0 Å². The molecule has 0 fully saturated rings. The Hall–Kier alpha value is -2.45. The lowest BCUT2D eigenvalue weighted by molar-refractivity contribution is 0.0505. The second kappa shape index (κ2) is 9.14. The molecule has 0 spiro atoms. The molecule has 0 radical (unpaired) electrons. The van der Waals surface area contributed by atoms with Crippen LogP contribution in [0.25, 0.3) is 12.2 Å². The fourth-order valence-electron chi connectivity index (χ4n) is 1.91. The molecule has 0 aliphatic carbocycles. The highest BCUT2D eigenvalue weighted by atomic mass is 79.9. The van der Waals surface area contributed by atoms with Gasteiger partial charge in [-0.25, -0.2) is 9.78 Å². The summed E-state index contributed by atoms with van der Waals surface area (Å²) >= 11 is 3.46. The summed E-state index contributed by atoms with van der Waals surface area (Å²) in [6.07, 6.45) is 6.59. The predicted octanol–water partition coefficient (Wildman–Crippen LogP) is 3.19. The van der Waals surface area contributed by atoms with Gasteiger partial charge in [0.1, 0.15) is 5.75 Å². The summed E-state index contributed by atoms with van der Waals surface area (Å²) in [5.74, 6) is 0.523. The lowest BCUT2D eigenvalue weighted by Gasteiger charge is -2.11. The first-order valence-corrected chi connectivity index (χ1v) is 7.96. The van der Waals surface area contributed by atoms with E-state index in [9.17, 15) is 4.79 Å². The number of ether oxygens (including phenoxy) is 4. The molecule has 8 heteroatoms. The van der Waals surface area contributed by atoms with E-state index in [2.05, 4.69) is 30.6 Å². The van der Waals surface area contributed by atoms with Gasteiger partial charge in [0.25, 0.3) is 0 Å². The third kappa shape index (κ3) is 4.77. The Bertz CT molecular complexity index is 762. The Morgan fingerprint density at radius 2 is 1.96 bits per heavy atom. The van der Waals surface area contributed by atoms with E-state index in [1.807, 2.05) is 0 Å². The number of rotatable bonds is 7. The average Bonchev–Trinajstić information content (AvgIpc) is 2.65. The molecule has 0 aliphatic heterocycles. The summed E-state index contributed by atoms with van der Waals surface area (Å²) in [5, 5.41) is 0. The standard InChI is InChI=1S/C17H17BrN2O5/c1-22-10-25-14-9-20-16(23-2)15(18)13(14)7-6-12-5-4-11(8-19-12)17(21)24-3/h4-9H,10H2,1-3H3/b7-6+. The largest absolute Gasteiger partial charge is 0.480 e. The van der Waals surface area contributed by atoms with E-state index < -0.39 is 5.97 Å². The van der Waals surface area contributed by atoms with Crippen molar-refractivity contribution in [1.29, 1.82) is 0 Å². The zero-order chi connectivity index (χ0) is 18.2.